The third kappa shape index (κ3) is 5.38. The second kappa shape index (κ2) is 10.2. The second-order valence-electron chi connectivity index (χ2n) is 9.24. The molecule has 0 aliphatic carbocycles. The van der Waals surface area contributed by atoms with Crippen molar-refractivity contribution in [2.75, 3.05) is 19.8 Å². The summed E-state index contributed by atoms with van der Waals surface area (Å²) < 4.78 is 53.2. The Bertz CT molecular complexity index is 1460. The van der Waals surface area contributed by atoms with Crippen LogP contribution in [0.5, 0.6) is 0 Å². The number of carbonyl (C=O) groups excluding carboxylic acids is 2. The van der Waals surface area contributed by atoms with Crippen LogP contribution < -0.4 is 0 Å². The van der Waals surface area contributed by atoms with E-state index in [2.05, 4.69) is 0 Å². The maximum absolute atomic E-state index is 15.0. The van der Waals surface area contributed by atoms with Gasteiger partial charge in [0, 0.05) is 37.0 Å². The third-order valence-corrected chi connectivity index (χ3v) is 7.87. The van der Waals surface area contributed by atoms with E-state index in [0.717, 1.165) is 24.0 Å². The lowest BCUT2D eigenvalue weighted by atomic mass is 9.99. The average Bonchev–Trinajstić information content (AvgIpc) is 3.14. The van der Waals surface area contributed by atoms with Crippen LogP contribution in [0.15, 0.2) is 65.6 Å². The molecule has 0 aromatic heterocycles. The minimum absolute atomic E-state index is 0.0430. The fourth-order valence-corrected chi connectivity index (χ4v) is 5.26. The van der Waals surface area contributed by atoms with Gasteiger partial charge >= 0.3 is 0 Å². The summed E-state index contributed by atoms with van der Waals surface area (Å²) in [6.07, 6.45) is 1.10. The number of hydrogen-bond acceptors (Lipinski definition) is 4. The number of rotatable bonds is 7. The Morgan fingerprint density at radius 3 is 2.22 bits per heavy atom. The molecule has 0 radical (unpaired) electrons. The monoisotopic (exact) mass is 546 g/mol. The molecule has 0 N–H and O–H groups in total. The number of amides is 2. The third-order valence-electron chi connectivity index (χ3n) is 6.49. The zero-order chi connectivity index (χ0) is 27.1. The second-order valence-corrected chi connectivity index (χ2v) is 11.7. The molecule has 3 aromatic carbocycles. The molecule has 1 heterocycles. The van der Waals surface area contributed by atoms with E-state index in [4.69, 9.17) is 11.6 Å². The van der Waals surface area contributed by atoms with Crippen molar-refractivity contribution in [3.8, 4) is 0 Å². The molecule has 0 saturated heterocycles. The molecule has 0 bridgehead atoms. The van der Waals surface area contributed by atoms with E-state index >= 15 is 0 Å². The van der Waals surface area contributed by atoms with E-state index in [1.54, 1.807) is 36.4 Å². The van der Waals surface area contributed by atoms with E-state index < -0.39 is 44.9 Å². The highest BCUT2D eigenvalue weighted by Gasteiger charge is 2.46. The topological polar surface area (TPSA) is 74.8 Å². The van der Waals surface area contributed by atoms with Gasteiger partial charge in [-0.15, -0.1) is 0 Å². The first-order valence-electron chi connectivity index (χ1n) is 11.5. The Kier molecular flexibility index (Phi) is 7.39. The van der Waals surface area contributed by atoms with Gasteiger partial charge in [0.15, 0.2) is 9.84 Å². The first-order chi connectivity index (χ1) is 17.4. The molecule has 194 valence electrons. The van der Waals surface area contributed by atoms with Gasteiger partial charge in [-0.3, -0.25) is 9.59 Å². The van der Waals surface area contributed by atoms with E-state index in [0.29, 0.717) is 10.6 Å². The van der Waals surface area contributed by atoms with Crippen LogP contribution in [-0.4, -0.2) is 49.9 Å². The molecule has 1 aliphatic heterocycles. The number of likely N-dealkylation sites (N-methyl/N-ethyl adjacent to an activating group) is 1. The Hall–Kier alpha value is -3.30. The van der Waals surface area contributed by atoms with Crippen molar-refractivity contribution in [3.63, 3.8) is 0 Å². The van der Waals surface area contributed by atoms with Crippen LogP contribution in [0, 0.1) is 11.6 Å². The highest BCUT2D eigenvalue weighted by atomic mass is 35.5. The number of carbonyl (C=O) groups is 2. The number of fused-ring (bicyclic) bond motifs is 1. The van der Waals surface area contributed by atoms with Gasteiger partial charge in [0.1, 0.15) is 17.7 Å². The molecule has 2 amide bonds. The quantitative estimate of drug-likeness (QED) is 0.419. The van der Waals surface area contributed by atoms with Crippen molar-refractivity contribution in [2.45, 2.75) is 30.3 Å². The van der Waals surface area contributed by atoms with Gasteiger partial charge in [0.05, 0.1) is 10.5 Å². The summed E-state index contributed by atoms with van der Waals surface area (Å²) in [7, 11) is -1.89. The highest BCUT2D eigenvalue weighted by molar-refractivity contribution is 7.90. The predicted molar refractivity (Wildman–Crippen MR) is 136 cm³/mol. The standard InChI is InChI=1S/C27H25ClF2N2O4S/c1-16(18-6-8-19(28)9-7-18)14-32-25(23-21(29)12-13-22(30)24(23)26(32)33)27(34)31(2)15-17-4-10-20(11-5-17)37(3,35)36/h4-13,16,25H,14-15H2,1-3H3. The fourth-order valence-electron chi connectivity index (χ4n) is 4.51. The Balaban J connectivity index is 1.65. The fraction of sp³-hybridized carbons (Fsp3) is 0.259. The van der Waals surface area contributed by atoms with Crippen molar-refractivity contribution in [3.05, 3.63) is 99.6 Å². The Morgan fingerprint density at radius 2 is 1.62 bits per heavy atom. The van der Waals surface area contributed by atoms with Crippen LogP contribution in [0.25, 0.3) is 0 Å². The molecule has 4 rings (SSSR count). The summed E-state index contributed by atoms with van der Waals surface area (Å²) in [5.74, 6) is -3.33. The number of benzene rings is 3. The van der Waals surface area contributed by atoms with Crippen LogP contribution in [0.4, 0.5) is 8.78 Å². The minimum Gasteiger partial charge on any atom is -0.339 e. The van der Waals surface area contributed by atoms with Gasteiger partial charge in [-0.1, -0.05) is 42.8 Å². The summed E-state index contributed by atoms with van der Waals surface area (Å²) >= 11 is 5.97. The van der Waals surface area contributed by atoms with Crippen LogP contribution in [0.3, 0.4) is 0 Å². The van der Waals surface area contributed by atoms with E-state index in [1.165, 1.54) is 29.0 Å². The summed E-state index contributed by atoms with van der Waals surface area (Å²) in [5, 5.41) is 0.545. The molecular weight excluding hydrogens is 522 g/mol. The van der Waals surface area contributed by atoms with Crippen molar-refractivity contribution < 1.29 is 26.8 Å². The first kappa shape index (κ1) is 26.8. The van der Waals surface area contributed by atoms with Crippen molar-refractivity contribution >= 4 is 33.3 Å². The Labute approximate surface area is 219 Å². The van der Waals surface area contributed by atoms with Crippen LogP contribution >= 0.6 is 11.6 Å². The largest absolute Gasteiger partial charge is 0.339 e. The highest BCUT2D eigenvalue weighted by Crippen LogP contribution is 2.39. The van der Waals surface area contributed by atoms with Crippen molar-refractivity contribution in [2.24, 2.45) is 0 Å². The lowest BCUT2D eigenvalue weighted by Crippen LogP contribution is -2.41. The van der Waals surface area contributed by atoms with Crippen LogP contribution in [0.1, 0.15) is 45.9 Å². The van der Waals surface area contributed by atoms with Crippen molar-refractivity contribution in [1.29, 1.82) is 0 Å². The number of halogens is 3. The number of sulfone groups is 1. The van der Waals surface area contributed by atoms with Gasteiger partial charge in [-0.2, -0.15) is 0 Å². The SMILES string of the molecule is CC(CN1C(=O)c2c(F)ccc(F)c2C1C(=O)N(C)Cc1ccc(S(C)(=O)=O)cc1)c1ccc(Cl)cc1. The molecule has 2 atom stereocenters. The van der Waals surface area contributed by atoms with Gasteiger partial charge in [0.2, 0.25) is 5.91 Å². The lowest BCUT2D eigenvalue weighted by Gasteiger charge is -2.30. The van der Waals surface area contributed by atoms with E-state index in [-0.39, 0.29) is 29.5 Å². The van der Waals surface area contributed by atoms with E-state index in [9.17, 15) is 26.8 Å². The summed E-state index contributed by atoms with van der Waals surface area (Å²) in [6.45, 7) is 1.96. The number of hydrogen-bond donors (Lipinski definition) is 0. The van der Waals surface area contributed by atoms with Gasteiger partial charge < -0.3 is 9.80 Å². The molecular formula is C27H25ClF2N2O4S. The van der Waals surface area contributed by atoms with Gasteiger partial charge in [0.25, 0.3) is 5.91 Å². The molecule has 37 heavy (non-hydrogen) atoms. The predicted octanol–water partition coefficient (Wildman–Crippen LogP) is 4.98. The molecule has 0 fully saturated rings. The normalized spacial score (nSPS) is 16.0. The smallest absolute Gasteiger partial charge is 0.258 e. The molecule has 6 nitrogen and oxygen atoms in total. The average molecular weight is 547 g/mol. The summed E-state index contributed by atoms with van der Waals surface area (Å²) in [4.78, 5) is 29.6. The number of nitrogens with zero attached hydrogens (tertiary/aromatic N) is 2. The van der Waals surface area contributed by atoms with Crippen LogP contribution in [-0.2, 0) is 21.2 Å². The molecule has 0 saturated carbocycles. The van der Waals surface area contributed by atoms with Crippen molar-refractivity contribution in [1.82, 2.24) is 9.80 Å². The molecule has 3 aromatic rings. The maximum Gasteiger partial charge on any atom is 0.258 e. The molecule has 2 unspecified atom stereocenters. The first-order valence-corrected chi connectivity index (χ1v) is 13.7. The summed E-state index contributed by atoms with van der Waals surface area (Å²) in [5.41, 5.74) is 0.762. The zero-order valence-corrected chi connectivity index (χ0v) is 22.0. The van der Waals surface area contributed by atoms with E-state index in [1.807, 2.05) is 6.92 Å². The molecule has 0 spiro atoms. The molecule has 1 aliphatic rings. The van der Waals surface area contributed by atoms with Gasteiger partial charge in [-0.25, -0.2) is 17.2 Å². The minimum atomic E-state index is -3.38. The lowest BCUT2D eigenvalue weighted by molar-refractivity contribution is -0.135. The Morgan fingerprint density at radius 1 is 1.03 bits per heavy atom. The van der Waals surface area contributed by atoms with Crippen LogP contribution in [0.2, 0.25) is 5.02 Å². The summed E-state index contributed by atoms with van der Waals surface area (Å²) in [6, 6.07) is 13.5. The molecule has 10 heteroatoms. The zero-order valence-electron chi connectivity index (χ0n) is 20.4. The van der Waals surface area contributed by atoms with Gasteiger partial charge in [-0.05, 0) is 53.4 Å². The maximum atomic E-state index is 15.0.